The second-order valence-electron chi connectivity index (χ2n) is 9.66. The molecule has 9 nitrogen and oxygen atoms in total. The second-order valence-corrected chi connectivity index (χ2v) is 9.66. The molecule has 2 atom stereocenters. The molecule has 2 fully saturated rings. The van der Waals surface area contributed by atoms with Gasteiger partial charge in [0.2, 0.25) is 0 Å². The summed E-state index contributed by atoms with van der Waals surface area (Å²) in [4.78, 5) is 43.8. The van der Waals surface area contributed by atoms with Crippen LogP contribution in [0.5, 0.6) is 11.5 Å². The van der Waals surface area contributed by atoms with Crippen LogP contribution in [0.4, 0.5) is 11.4 Å². The maximum absolute atomic E-state index is 13.2. The summed E-state index contributed by atoms with van der Waals surface area (Å²) in [6.07, 6.45) is 0.683. The van der Waals surface area contributed by atoms with Crippen LogP contribution in [-0.2, 0) is 0 Å². The molecule has 0 radical (unpaired) electrons. The molecule has 3 aromatic carbocycles. The highest BCUT2D eigenvalue weighted by Crippen LogP contribution is 2.41. The number of ether oxygens (including phenoxy) is 1. The van der Waals surface area contributed by atoms with E-state index in [9.17, 15) is 19.7 Å². The summed E-state index contributed by atoms with van der Waals surface area (Å²) < 4.78 is 6.07. The Kier molecular flexibility index (Phi) is 5.64. The van der Waals surface area contributed by atoms with Gasteiger partial charge < -0.3 is 9.64 Å². The van der Waals surface area contributed by atoms with Gasteiger partial charge in [-0.15, -0.1) is 0 Å². The number of piperazine rings is 1. The summed E-state index contributed by atoms with van der Waals surface area (Å²) >= 11 is 0. The van der Waals surface area contributed by atoms with Gasteiger partial charge in [-0.2, -0.15) is 0 Å². The lowest BCUT2D eigenvalue weighted by Crippen LogP contribution is -2.57. The van der Waals surface area contributed by atoms with Crippen molar-refractivity contribution in [1.29, 1.82) is 0 Å². The van der Waals surface area contributed by atoms with Crippen molar-refractivity contribution in [2.45, 2.75) is 25.4 Å². The van der Waals surface area contributed by atoms with Gasteiger partial charge in [0, 0.05) is 43.9 Å². The number of rotatable bonds is 5. The summed E-state index contributed by atoms with van der Waals surface area (Å²) in [5.41, 5.74) is 2.10. The minimum absolute atomic E-state index is 0.0154. The van der Waals surface area contributed by atoms with Gasteiger partial charge in [0.25, 0.3) is 17.5 Å². The second kappa shape index (κ2) is 9.01. The number of fused-ring (bicyclic) bond motifs is 2. The third-order valence-electron chi connectivity index (χ3n) is 7.69. The van der Waals surface area contributed by atoms with Crippen LogP contribution in [0.1, 0.15) is 32.7 Å². The fourth-order valence-corrected chi connectivity index (χ4v) is 5.93. The zero-order valence-electron chi connectivity index (χ0n) is 20.4. The summed E-state index contributed by atoms with van der Waals surface area (Å²) in [7, 11) is 0. The van der Waals surface area contributed by atoms with Crippen molar-refractivity contribution < 1.29 is 19.2 Å². The normalized spacial score (nSPS) is 21.2. The van der Waals surface area contributed by atoms with Gasteiger partial charge in [-0.25, -0.2) is 0 Å². The minimum atomic E-state index is -0.364. The Morgan fingerprint density at radius 1 is 0.865 bits per heavy atom. The molecule has 3 aromatic rings. The van der Waals surface area contributed by atoms with Crippen LogP contribution in [0.2, 0.25) is 0 Å². The maximum atomic E-state index is 13.2. The predicted octanol–water partition coefficient (Wildman–Crippen LogP) is 4.25. The summed E-state index contributed by atoms with van der Waals surface area (Å²) in [6.45, 7) is 4.36. The molecule has 2 amide bonds. The molecule has 9 heteroatoms. The van der Waals surface area contributed by atoms with Gasteiger partial charge in [-0.3, -0.25) is 29.5 Å². The van der Waals surface area contributed by atoms with E-state index in [4.69, 9.17) is 4.74 Å². The highest BCUT2D eigenvalue weighted by Gasteiger charge is 2.48. The van der Waals surface area contributed by atoms with Crippen LogP contribution >= 0.6 is 0 Å². The molecule has 3 heterocycles. The first-order valence-electron chi connectivity index (χ1n) is 12.4. The Morgan fingerprint density at radius 2 is 1.54 bits per heavy atom. The molecule has 0 spiro atoms. The minimum Gasteiger partial charge on any atom is -0.457 e. The molecule has 0 aliphatic carbocycles. The monoisotopic (exact) mass is 498 g/mol. The number of nitro groups is 1. The van der Waals surface area contributed by atoms with E-state index in [1.54, 1.807) is 30.3 Å². The third-order valence-corrected chi connectivity index (χ3v) is 7.69. The molecule has 0 unspecified atom stereocenters. The van der Waals surface area contributed by atoms with Gasteiger partial charge in [0.05, 0.1) is 22.1 Å². The van der Waals surface area contributed by atoms with E-state index in [1.165, 1.54) is 11.0 Å². The van der Waals surface area contributed by atoms with Crippen molar-refractivity contribution in [1.82, 2.24) is 9.80 Å². The molecule has 0 saturated carbocycles. The largest absolute Gasteiger partial charge is 0.457 e. The molecule has 2 saturated heterocycles. The Morgan fingerprint density at radius 3 is 2.22 bits per heavy atom. The Hall–Kier alpha value is -4.24. The number of nitro benzene ring substituents is 1. The number of carbonyl (C=O) groups is 2. The molecule has 3 aliphatic heterocycles. The first kappa shape index (κ1) is 23.2. The van der Waals surface area contributed by atoms with Crippen LogP contribution in [0, 0.1) is 17.0 Å². The SMILES string of the molecule is Cc1c(Oc2ccccc2)ccc([N+](=O)[O-])c1N1CCN2CC[C@H](N3C(=O)c4ccccc4C3=O)[C@H]2C1. The van der Waals surface area contributed by atoms with Gasteiger partial charge in [-0.1, -0.05) is 30.3 Å². The van der Waals surface area contributed by atoms with Crippen molar-refractivity contribution in [3.05, 3.63) is 93.5 Å². The van der Waals surface area contributed by atoms with Gasteiger partial charge in [0.1, 0.15) is 17.2 Å². The number of nitrogens with zero attached hydrogens (tertiary/aromatic N) is 4. The van der Waals surface area contributed by atoms with Crippen LogP contribution in [-0.4, -0.2) is 64.8 Å². The van der Waals surface area contributed by atoms with Crippen molar-refractivity contribution >= 4 is 23.2 Å². The highest BCUT2D eigenvalue weighted by molar-refractivity contribution is 6.21. The number of carbonyl (C=O) groups excluding carboxylic acids is 2. The molecule has 37 heavy (non-hydrogen) atoms. The molecule has 3 aliphatic rings. The zero-order valence-corrected chi connectivity index (χ0v) is 20.4. The van der Waals surface area contributed by atoms with Crippen molar-refractivity contribution in [3.63, 3.8) is 0 Å². The predicted molar refractivity (Wildman–Crippen MR) is 137 cm³/mol. The molecular formula is C28H26N4O5. The van der Waals surface area contributed by atoms with Crippen LogP contribution < -0.4 is 9.64 Å². The van der Waals surface area contributed by atoms with E-state index in [-0.39, 0.29) is 34.5 Å². The van der Waals surface area contributed by atoms with Crippen molar-refractivity contribution in [3.8, 4) is 11.5 Å². The number of benzene rings is 3. The number of hydrogen-bond donors (Lipinski definition) is 0. The molecule has 188 valence electrons. The number of amides is 2. The van der Waals surface area contributed by atoms with Crippen LogP contribution in [0.3, 0.4) is 0 Å². The lowest BCUT2D eigenvalue weighted by molar-refractivity contribution is -0.384. The van der Waals surface area contributed by atoms with E-state index < -0.39 is 0 Å². The Bertz CT molecular complexity index is 1370. The number of imide groups is 1. The zero-order chi connectivity index (χ0) is 25.7. The van der Waals surface area contributed by atoms with E-state index >= 15 is 0 Å². The van der Waals surface area contributed by atoms with Gasteiger partial charge in [0.15, 0.2) is 0 Å². The molecule has 0 bridgehead atoms. The lowest BCUT2D eigenvalue weighted by atomic mass is 10.0. The lowest BCUT2D eigenvalue weighted by Gasteiger charge is -2.42. The van der Waals surface area contributed by atoms with E-state index in [2.05, 4.69) is 4.90 Å². The molecule has 0 aromatic heterocycles. The smallest absolute Gasteiger partial charge is 0.293 e. The van der Waals surface area contributed by atoms with Crippen molar-refractivity contribution in [2.24, 2.45) is 0 Å². The quantitative estimate of drug-likeness (QED) is 0.295. The standard InChI is InChI=1S/C28H26N4O5/c1-18-25(37-19-7-3-2-4-8-19)12-11-23(32(35)36)26(18)30-16-15-29-14-13-22(24(29)17-30)31-27(33)20-9-5-6-10-21(20)28(31)34/h2-12,22,24H,13-17H2,1H3/t22-,24+/m0/s1. The topological polar surface area (TPSA) is 96.2 Å². The van der Waals surface area contributed by atoms with Gasteiger partial charge in [-0.05, 0) is 43.7 Å². The maximum Gasteiger partial charge on any atom is 0.293 e. The first-order valence-corrected chi connectivity index (χ1v) is 12.4. The Labute approximate surface area is 214 Å². The molecule has 6 rings (SSSR count). The van der Waals surface area contributed by atoms with E-state index in [0.29, 0.717) is 59.9 Å². The molecular weight excluding hydrogens is 472 g/mol. The number of hydrogen-bond acceptors (Lipinski definition) is 7. The summed E-state index contributed by atoms with van der Waals surface area (Å²) in [5, 5.41) is 12.0. The highest BCUT2D eigenvalue weighted by atomic mass is 16.6. The average Bonchev–Trinajstić information content (AvgIpc) is 3.43. The fraction of sp³-hybridized carbons (Fsp3) is 0.286. The average molecular weight is 499 g/mol. The Balaban J connectivity index is 1.32. The summed E-state index contributed by atoms with van der Waals surface area (Å²) in [6, 6.07) is 19.0. The van der Waals surface area contributed by atoms with Crippen LogP contribution in [0.15, 0.2) is 66.7 Å². The van der Waals surface area contributed by atoms with Crippen molar-refractivity contribution in [2.75, 3.05) is 31.1 Å². The number of anilines is 1. The summed E-state index contributed by atoms with van der Waals surface area (Å²) in [5.74, 6) is 0.684. The first-order chi connectivity index (χ1) is 17.9. The third kappa shape index (κ3) is 3.82. The number of para-hydroxylation sites is 1. The van der Waals surface area contributed by atoms with E-state index in [1.807, 2.05) is 42.2 Å². The fourth-order valence-electron chi connectivity index (χ4n) is 5.93. The van der Waals surface area contributed by atoms with Crippen LogP contribution in [0.25, 0.3) is 0 Å². The molecule has 0 N–H and O–H groups in total. The van der Waals surface area contributed by atoms with Gasteiger partial charge >= 0.3 is 0 Å². The van der Waals surface area contributed by atoms with E-state index in [0.717, 1.165) is 6.54 Å².